The van der Waals surface area contributed by atoms with E-state index in [2.05, 4.69) is 5.32 Å². The van der Waals surface area contributed by atoms with Crippen LogP contribution in [0.5, 0.6) is 0 Å². The lowest BCUT2D eigenvalue weighted by Crippen LogP contribution is -2.61. The molecular weight excluding hydrogens is 338 g/mol. The molecule has 4 fully saturated rings. The van der Waals surface area contributed by atoms with Crippen LogP contribution in [0, 0.1) is 31.6 Å². The number of esters is 1. The maximum absolute atomic E-state index is 12.7. The minimum absolute atomic E-state index is 0.0411. The van der Waals surface area contributed by atoms with Crippen molar-refractivity contribution in [2.45, 2.75) is 77.4 Å². The van der Waals surface area contributed by atoms with Crippen LogP contribution in [0.1, 0.15) is 62.1 Å². The van der Waals surface area contributed by atoms with Gasteiger partial charge < -0.3 is 10.1 Å². The molecule has 1 aromatic carbocycles. The summed E-state index contributed by atoms with van der Waals surface area (Å²) >= 11 is 0. The molecule has 4 aliphatic rings. The molecule has 1 atom stereocenters. The molecule has 1 N–H and O–H groups in total. The highest BCUT2D eigenvalue weighted by Crippen LogP contribution is 2.55. The Morgan fingerprint density at radius 1 is 1.07 bits per heavy atom. The minimum Gasteiger partial charge on any atom is -0.452 e. The van der Waals surface area contributed by atoms with Crippen molar-refractivity contribution in [2.24, 2.45) is 17.8 Å². The van der Waals surface area contributed by atoms with Gasteiger partial charge in [0.25, 0.3) is 5.91 Å². The molecule has 27 heavy (non-hydrogen) atoms. The molecule has 0 aliphatic heterocycles. The molecule has 5 rings (SSSR count). The quantitative estimate of drug-likeness (QED) is 0.802. The number of nitrogens with one attached hydrogen (secondary N) is 1. The second-order valence-electron chi connectivity index (χ2n) is 9.41. The lowest BCUT2D eigenvalue weighted by Gasteiger charge is -2.57. The first-order valence-electron chi connectivity index (χ1n) is 10.4. The second kappa shape index (κ2) is 6.96. The summed E-state index contributed by atoms with van der Waals surface area (Å²) in [6.07, 6.45) is 6.81. The van der Waals surface area contributed by atoms with Gasteiger partial charge in [-0.3, -0.25) is 9.59 Å². The van der Waals surface area contributed by atoms with Crippen LogP contribution in [-0.4, -0.2) is 23.5 Å². The van der Waals surface area contributed by atoms with E-state index in [0.717, 1.165) is 48.1 Å². The van der Waals surface area contributed by atoms with Crippen molar-refractivity contribution < 1.29 is 14.3 Å². The number of carbonyl (C=O) groups is 2. The number of hydrogen-bond donors (Lipinski definition) is 1. The number of carbonyl (C=O) groups excluding carboxylic acids is 2. The van der Waals surface area contributed by atoms with Crippen molar-refractivity contribution in [2.75, 3.05) is 0 Å². The van der Waals surface area contributed by atoms with Crippen molar-refractivity contribution in [3.05, 3.63) is 34.9 Å². The predicted octanol–water partition coefficient (Wildman–Crippen LogP) is 3.86. The van der Waals surface area contributed by atoms with Crippen LogP contribution in [-0.2, 0) is 20.7 Å². The SMILES string of the molecule is Cc1ccc(CC(=O)O[C@@H](C)C(=O)NC23CC4CC(CC(C4)C2)C3)cc1C. The average molecular weight is 370 g/mol. The summed E-state index contributed by atoms with van der Waals surface area (Å²) in [4.78, 5) is 25.0. The topological polar surface area (TPSA) is 55.4 Å². The lowest BCUT2D eigenvalue weighted by molar-refractivity contribution is -0.156. The van der Waals surface area contributed by atoms with Crippen LogP contribution in [0.15, 0.2) is 18.2 Å². The summed E-state index contributed by atoms with van der Waals surface area (Å²) in [5.41, 5.74) is 3.25. The van der Waals surface area contributed by atoms with Gasteiger partial charge in [-0.2, -0.15) is 0 Å². The first kappa shape index (κ1) is 18.5. The van der Waals surface area contributed by atoms with Gasteiger partial charge in [0.1, 0.15) is 0 Å². The van der Waals surface area contributed by atoms with Crippen LogP contribution in [0.2, 0.25) is 0 Å². The Balaban J connectivity index is 1.32. The van der Waals surface area contributed by atoms with Gasteiger partial charge in [0.15, 0.2) is 6.10 Å². The standard InChI is InChI=1S/C23H31NO3/c1-14-4-5-17(6-15(14)2)10-21(25)27-16(3)22(26)24-23-11-18-7-19(12-23)9-20(8-18)13-23/h4-6,16,18-20H,7-13H2,1-3H3,(H,24,26)/t16-,18?,19?,20?,23?/m0/s1. The van der Waals surface area contributed by atoms with E-state index in [1.54, 1.807) is 6.92 Å². The Bertz CT molecular complexity index is 719. The largest absolute Gasteiger partial charge is 0.452 e. The molecule has 1 amide bonds. The zero-order chi connectivity index (χ0) is 19.2. The highest BCUT2D eigenvalue weighted by Gasteiger charge is 2.51. The third kappa shape index (κ3) is 3.90. The summed E-state index contributed by atoms with van der Waals surface area (Å²) in [5.74, 6) is 1.86. The number of amides is 1. The highest BCUT2D eigenvalue weighted by atomic mass is 16.5. The Hall–Kier alpha value is -1.84. The van der Waals surface area contributed by atoms with Crippen LogP contribution in [0.25, 0.3) is 0 Å². The van der Waals surface area contributed by atoms with E-state index in [-0.39, 0.29) is 23.8 Å². The zero-order valence-electron chi connectivity index (χ0n) is 16.7. The van der Waals surface area contributed by atoms with Crippen molar-refractivity contribution in [1.82, 2.24) is 5.32 Å². The normalized spacial score (nSPS) is 32.2. The monoisotopic (exact) mass is 369 g/mol. The summed E-state index contributed by atoms with van der Waals surface area (Å²) in [6, 6.07) is 5.97. The molecule has 0 aromatic heterocycles. The molecule has 4 aliphatic carbocycles. The molecule has 0 radical (unpaired) electrons. The van der Waals surface area contributed by atoms with E-state index in [9.17, 15) is 9.59 Å². The number of hydrogen-bond acceptors (Lipinski definition) is 3. The molecule has 4 saturated carbocycles. The van der Waals surface area contributed by atoms with Gasteiger partial charge in [-0.1, -0.05) is 18.2 Å². The molecule has 0 heterocycles. The fraction of sp³-hybridized carbons (Fsp3) is 0.652. The van der Waals surface area contributed by atoms with Crippen molar-refractivity contribution in [3.63, 3.8) is 0 Å². The van der Waals surface area contributed by atoms with Crippen LogP contribution in [0.4, 0.5) is 0 Å². The predicted molar refractivity (Wildman–Crippen MR) is 104 cm³/mol. The third-order valence-corrected chi connectivity index (χ3v) is 7.02. The molecule has 146 valence electrons. The molecular formula is C23H31NO3. The molecule has 4 nitrogen and oxygen atoms in total. The van der Waals surface area contributed by atoms with E-state index >= 15 is 0 Å². The molecule has 1 aromatic rings. The van der Waals surface area contributed by atoms with Crippen molar-refractivity contribution in [1.29, 1.82) is 0 Å². The minimum atomic E-state index is -0.739. The maximum Gasteiger partial charge on any atom is 0.311 e. The van der Waals surface area contributed by atoms with Gasteiger partial charge in [0.05, 0.1) is 6.42 Å². The van der Waals surface area contributed by atoms with E-state index in [1.165, 1.54) is 24.8 Å². The maximum atomic E-state index is 12.7. The molecule has 4 bridgehead atoms. The smallest absolute Gasteiger partial charge is 0.311 e. The van der Waals surface area contributed by atoms with Crippen LogP contribution < -0.4 is 5.32 Å². The van der Waals surface area contributed by atoms with Gasteiger partial charge in [-0.05, 0) is 93.7 Å². The Morgan fingerprint density at radius 2 is 1.67 bits per heavy atom. The number of benzene rings is 1. The summed E-state index contributed by atoms with van der Waals surface area (Å²) in [7, 11) is 0. The number of ether oxygens (including phenoxy) is 1. The molecule has 0 unspecified atom stereocenters. The molecule has 0 saturated heterocycles. The van der Waals surface area contributed by atoms with Gasteiger partial charge >= 0.3 is 5.97 Å². The Labute approximate surface area is 162 Å². The molecule has 0 spiro atoms. The zero-order valence-corrected chi connectivity index (χ0v) is 16.7. The average Bonchev–Trinajstić information content (AvgIpc) is 2.56. The van der Waals surface area contributed by atoms with Gasteiger partial charge in [-0.25, -0.2) is 0 Å². The first-order chi connectivity index (χ1) is 12.8. The lowest BCUT2D eigenvalue weighted by atomic mass is 9.53. The van der Waals surface area contributed by atoms with Crippen LogP contribution >= 0.6 is 0 Å². The van der Waals surface area contributed by atoms with E-state index < -0.39 is 6.10 Å². The number of aryl methyl sites for hydroxylation is 2. The van der Waals surface area contributed by atoms with E-state index in [0.29, 0.717) is 0 Å². The van der Waals surface area contributed by atoms with Crippen LogP contribution in [0.3, 0.4) is 0 Å². The summed E-state index contributed by atoms with van der Waals surface area (Å²) in [6.45, 7) is 5.77. The van der Waals surface area contributed by atoms with Gasteiger partial charge in [0.2, 0.25) is 0 Å². The first-order valence-corrected chi connectivity index (χ1v) is 10.4. The van der Waals surface area contributed by atoms with E-state index in [4.69, 9.17) is 4.74 Å². The van der Waals surface area contributed by atoms with Gasteiger partial charge in [0, 0.05) is 5.54 Å². The van der Waals surface area contributed by atoms with E-state index in [1.807, 2.05) is 32.0 Å². The number of rotatable bonds is 5. The van der Waals surface area contributed by atoms with Gasteiger partial charge in [-0.15, -0.1) is 0 Å². The molecule has 4 heteroatoms. The fourth-order valence-corrected chi connectivity index (χ4v) is 6.00. The second-order valence-corrected chi connectivity index (χ2v) is 9.41. The Morgan fingerprint density at radius 3 is 2.22 bits per heavy atom. The summed E-state index contributed by atoms with van der Waals surface area (Å²) in [5, 5.41) is 3.29. The Kier molecular flexibility index (Phi) is 4.77. The fourth-order valence-electron chi connectivity index (χ4n) is 6.00. The van der Waals surface area contributed by atoms with Crippen molar-refractivity contribution in [3.8, 4) is 0 Å². The summed E-state index contributed by atoms with van der Waals surface area (Å²) < 4.78 is 5.45. The van der Waals surface area contributed by atoms with Crippen molar-refractivity contribution >= 4 is 11.9 Å². The third-order valence-electron chi connectivity index (χ3n) is 7.02. The highest BCUT2D eigenvalue weighted by molar-refractivity contribution is 5.84.